The SMILES string of the molecule is CCCC(=O)NC1CCCN(c2c(C#N)cnc3c(C)cc(C)cc23)C1. The van der Waals surface area contributed by atoms with E-state index in [9.17, 15) is 10.1 Å². The summed E-state index contributed by atoms with van der Waals surface area (Å²) in [6, 6.07) is 6.67. The molecule has 1 aliphatic rings. The van der Waals surface area contributed by atoms with E-state index in [1.165, 1.54) is 0 Å². The van der Waals surface area contributed by atoms with Crippen molar-refractivity contribution in [3.8, 4) is 6.07 Å². The minimum atomic E-state index is 0.117. The normalized spacial score (nSPS) is 17.2. The average Bonchev–Trinajstić information content (AvgIpc) is 2.61. The Bertz CT molecular complexity index is 868. The minimum Gasteiger partial charge on any atom is -0.368 e. The number of aryl methyl sites for hydroxylation is 2. The number of fused-ring (bicyclic) bond motifs is 1. The van der Waals surface area contributed by atoms with Crippen molar-refractivity contribution in [2.45, 2.75) is 52.5 Å². The zero-order valence-corrected chi connectivity index (χ0v) is 15.8. The maximum absolute atomic E-state index is 12.0. The van der Waals surface area contributed by atoms with Gasteiger partial charge in [-0.1, -0.05) is 18.6 Å². The Hall–Kier alpha value is -2.61. The van der Waals surface area contributed by atoms with E-state index >= 15 is 0 Å². The summed E-state index contributed by atoms with van der Waals surface area (Å²) in [6.07, 6.45) is 5.08. The van der Waals surface area contributed by atoms with Crippen LogP contribution in [0.4, 0.5) is 5.69 Å². The third-order valence-electron chi connectivity index (χ3n) is 4.98. The summed E-state index contributed by atoms with van der Waals surface area (Å²) in [7, 11) is 0. The molecule has 1 aliphatic heterocycles. The Morgan fingerprint density at radius 2 is 2.23 bits per heavy atom. The van der Waals surface area contributed by atoms with Gasteiger partial charge in [-0.3, -0.25) is 9.78 Å². The van der Waals surface area contributed by atoms with Crippen molar-refractivity contribution in [1.82, 2.24) is 10.3 Å². The van der Waals surface area contributed by atoms with Gasteiger partial charge in [-0.25, -0.2) is 0 Å². The van der Waals surface area contributed by atoms with E-state index < -0.39 is 0 Å². The quantitative estimate of drug-likeness (QED) is 0.914. The van der Waals surface area contributed by atoms with Crippen LogP contribution in [0.1, 0.15) is 49.3 Å². The van der Waals surface area contributed by atoms with Crippen LogP contribution in [-0.4, -0.2) is 30.0 Å². The van der Waals surface area contributed by atoms with Gasteiger partial charge in [-0.15, -0.1) is 0 Å². The van der Waals surface area contributed by atoms with Crippen molar-refractivity contribution in [1.29, 1.82) is 5.26 Å². The van der Waals surface area contributed by atoms with E-state index in [0.717, 1.165) is 60.1 Å². The number of aromatic nitrogens is 1. The number of nitriles is 1. The van der Waals surface area contributed by atoms with Gasteiger partial charge in [0.05, 0.1) is 16.8 Å². The van der Waals surface area contributed by atoms with Crippen LogP contribution in [0.25, 0.3) is 10.9 Å². The predicted molar refractivity (Wildman–Crippen MR) is 104 cm³/mol. The van der Waals surface area contributed by atoms with E-state index in [0.29, 0.717) is 12.0 Å². The lowest BCUT2D eigenvalue weighted by Gasteiger charge is -2.36. The molecule has 1 unspecified atom stereocenters. The number of piperidine rings is 1. The number of hydrogen-bond acceptors (Lipinski definition) is 4. The van der Waals surface area contributed by atoms with Crippen LogP contribution < -0.4 is 10.2 Å². The van der Waals surface area contributed by atoms with Gasteiger partial charge < -0.3 is 10.2 Å². The minimum absolute atomic E-state index is 0.117. The van der Waals surface area contributed by atoms with Gasteiger partial charge in [0.2, 0.25) is 5.91 Å². The van der Waals surface area contributed by atoms with Crippen LogP contribution in [-0.2, 0) is 4.79 Å². The number of carbonyl (C=O) groups is 1. The molecule has 2 heterocycles. The molecule has 5 nitrogen and oxygen atoms in total. The molecule has 1 aromatic carbocycles. The zero-order valence-electron chi connectivity index (χ0n) is 15.8. The first kappa shape index (κ1) is 18.2. The summed E-state index contributed by atoms with van der Waals surface area (Å²) in [5.74, 6) is 0.117. The Balaban J connectivity index is 1.98. The fourth-order valence-electron chi connectivity index (χ4n) is 3.89. The van der Waals surface area contributed by atoms with Gasteiger partial charge in [0.1, 0.15) is 6.07 Å². The topological polar surface area (TPSA) is 69.0 Å². The van der Waals surface area contributed by atoms with Gasteiger partial charge in [-0.2, -0.15) is 5.26 Å². The lowest BCUT2D eigenvalue weighted by molar-refractivity contribution is -0.121. The summed E-state index contributed by atoms with van der Waals surface area (Å²) >= 11 is 0. The second-order valence-electron chi connectivity index (χ2n) is 7.21. The van der Waals surface area contributed by atoms with E-state index in [4.69, 9.17) is 0 Å². The maximum atomic E-state index is 12.0. The molecular weight excluding hydrogens is 324 g/mol. The van der Waals surface area contributed by atoms with Gasteiger partial charge in [0, 0.05) is 37.1 Å². The average molecular weight is 350 g/mol. The Kier molecular flexibility index (Phi) is 5.41. The number of anilines is 1. The fourth-order valence-corrected chi connectivity index (χ4v) is 3.89. The van der Waals surface area contributed by atoms with Crippen LogP contribution in [0.3, 0.4) is 0 Å². The van der Waals surface area contributed by atoms with Crippen LogP contribution in [0, 0.1) is 25.2 Å². The highest BCUT2D eigenvalue weighted by Crippen LogP contribution is 2.33. The molecule has 2 aromatic rings. The van der Waals surface area contributed by atoms with Crippen molar-refractivity contribution in [2.75, 3.05) is 18.0 Å². The lowest BCUT2D eigenvalue weighted by Crippen LogP contribution is -2.48. The third kappa shape index (κ3) is 3.65. The molecule has 0 aliphatic carbocycles. The van der Waals surface area contributed by atoms with Crippen molar-refractivity contribution in [3.63, 3.8) is 0 Å². The smallest absolute Gasteiger partial charge is 0.220 e. The fraction of sp³-hybridized carbons (Fsp3) is 0.476. The molecular formula is C21H26N4O. The first-order chi connectivity index (χ1) is 12.5. The number of hydrogen-bond donors (Lipinski definition) is 1. The molecule has 136 valence electrons. The highest BCUT2D eigenvalue weighted by molar-refractivity contribution is 5.96. The second-order valence-corrected chi connectivity index (χ2v) is 7.21. The van der Waals surface area contributed by atoms with Crippen LogP contribution in [0.5, 0.6) is 0 Å². The number of carbonyl (C=O) groups excluding carboxylic acids is 1. The Morgan fingerprint density at radius 1 is 1.42 bits per heavy atom. The number of nitrogens with one attached hydrogen (secondary N) is 1. The number of benzene rings is 1. The molecule has 1 N–H and O–H groups in total. The van der Waals surface area contributed by atoms with Crippen molar-refractivity contribution in [3.05, 3.63) is 35.0 Å². The summed E-state index contributed by atoms with van der Waals surface area (Å²) in [5.41, 5.74) is 4.79. The summed E-state index contributed by atoms with van der Waals surface area (Å²) < 4.78 is 0. The van der Waals surface area contributed by atoms with Crippen LogP contribution in [0.2, 0.25) is 0 Å². The zero-order chi connectivity index (χ0) is 18.7. The molecule has 1 amide bonds. The van der Waals surface area contributed by atoms with Crippen LogP contribution >= 0.6 is 0 Å². The summed E-state index contributed by atoms with van der Waals surface area (Å²) in [5, 5.41) is 13.8. The van der Waals surface area contributed by atoms with Gasteiger partial charge in [0.25, 0.3) is 0 Å². The van der Waals surface area contributed by atoms with Gasteiger partial charge >= 0.3 is 0 Å². The van der Waals surface area contributed by atoms with E-state index in [-0.39, 0.29) is 11.9 Å². The highest BCUT2D eigenvalue weighted by atomic mass is 16.1. The first-order valence-electron chi connectivity index (χ1n) is 9.37. The molecule has 0 saturated carbocycles. The lowest BCUT2D eigenvalue weighted by atomic mass is 9.99. The van der Waals surface area contributed by atoms with E-state index in [1.54, 1.807) is 6.20 Å². The van der Waals surface area contributed by atoms with E-state index in [1.807, 2.05) is 6.92 Å². The standard InChI is InChI=1S/C21H26N4O/c1-4-6-19(26)24-17-7-5-8-25(13-17)21-16(11-22)12-23-20-15(3)9-14(2)10-18(20)21/h9-10,12,17H,4-8,13H2,1-3H3,(H,24,26). The predicted octanol–water partition coefficient (Wildman–Crippen LogP) is 3.61. The molecule has 1 saturated heterocycles. The summed E-state index contributed by atoms with van der Waals surface area (Å²) in [6.45, 7) is 7.76. The van der Waals surface area contributed by atoms with Crippen molar-refractivity contribution >= 4 is 22.5 Å². The molecule has 0 bridgehead atoms. The molecule has 1 aromatic heterocycles. The Morgan fingerprint density at radius 3 is 2.96 bits per heavy atom. The largest absolute Gasteiger partial charge is 0.368 e. The molecule has 0 radical (unpaired) electrons. The molecule has 0 spiro atoms. The van der Waals surface area contributed by atoms with Gasteiger partial charge in [-0.05, 0) is 44.7 Å². The number of rotatable bonds is 4. The summed E-state index contributed by atoms with van der Waals surface area (Å²) in [4.78, 5) is 18.8. The van der Waals surface area contributed by atoms with Crippen LogP contribution in [0.15, 0.2) is 18.3 Å². The monoisotopic (exact) mass is 350 g/mol. The van der Waals surface area contributed by atoms with Gasteiger partial charge in [0.15, 0.2) is 0 Å². The van der Waals surface area contributed by atoms with Crippen molar-refractivity contribution < 1.29 is 4.79 Å². The van der Waals surface area contributed by atoms with Crippen molar-refractivity contribution in [2.24, 2.45) is 0 Å². The molecule has 1 atom stereocenters. The number of nitrogens with zero attached hydrogens (tertiary/aromatic N) is 3. The number of amides is 1. The third-order valence-corrected chi connectivity index (χ3v) is 4.98. The Labute approximate surface area is 155 Å². The molecule has 26 heavy (non-hydrogen) atoms. The first-order valence-corrected chi connectivity index (χ1v) is 9.37. The highest BCUT2D eigenvalue weighted by Gasteiger charge is 2.25. The molecule has 5 heteroatoms. The maximum Gasteiger partial charge on any atom is 0.220 e. The molecule has 1 fully saturated rings. The molecule has 3 rings (SSSR count). The number of pyridine rings is 1. The van der Waals surface area contributed by atoms with E-state index in [2.05, 4.69) is 47.3 Å². The second kappa shape index (κ2) is 7.74.